The number of nitrogens with zero attached hydrogens (tertiary/aromatic N) is 1. The van der Waals surface area contributed by atoms with E-state index in [0.29, 0.717) is 37.5 Å². The van der Waals surface area contributed by atoms with Gasteiger partial charge in [0.25, 0.3) is 0 Å². The third-order valence-electron chi connectivity index (χ3n) is 4.20. The average molecular weight is 348 g/mol. The quantitative estimate of drug-likeness (QED) is 0.714. The molecule has 0 saturated heterocycles. The number of hydrogen-bond donors (Lipinski definition) is 1. The van der Waals surface area contributed by atoms with E-state index in [9.17, 15) is 4.79 Å². The molecule has 6 nitrogen and oxygen atoms in total. The maximum Gasteiger partial charge on any atom is 0.194 e. The Kier molecular flexibility index (Phi) is 7.43. The SMILES string of the molecule is CCOc1ccc2[nH]c(C)c(CN(CCOC)CCOC)c(=O)c2c1. The fourth-order valence-corrected chi connectivity index (χ4v) is 2.81. The molecule has 138 valence electrons. The molecule has 0 spiro atoms. The number of fused-ring (bicyclic) bond motifs is 1. The van der Waals surface area contributed by atoms with Crippen LogP contribution in [0.4, 0.5) is 0 Å². The number of aryl methyl sites for hydroxylation is 1. The molecular formula is C19H28N2O4. The number of methoxy groups -OCH3 is 2. The van der Waals surface area contributed by atoms with Gasteiger partial charge in [-0.25, -0.2) is 0 Å². The molecule has 0 radical (unpaired) electrons. The van der Waals surface area contributed by atoms with Gasteiger partial charge in [0.2, 0.25) is 0 Å². The molecule has 0 aliphatic rings. The van der Waals surface area contributed by atoms with Gasteiger partial charge in [0.05, 0.1) is 19.8 Å². The number of ether oxygens (including phenoxy) is 3. The Bertz CT molecular complexity index is 734. The van der Waals surface area contributed by atoms with E-state index in [1.54, 1.807) is 14.2 Å². The molecule has 0 atom stereocenters. The van der Waals surface area contributed by atoms with Crippen molar-refractivity contribution in [3.63, 3.8) is 0 Å². The number of benzene rings is 1. The summed E-state index contributed by atoms with van der Waals surface area (Å²) in [4.78, 5) is 18.5. The first-order chi connectivity index (χ1) is 12.1. The zero-order chi connectivity index (χ0) is 18.2. The van der Waals surface area contributed by atoms with E-state index < -0.39 is 0 Å². The fraction of sp³-hybridized carbons (Fsp3) is 0.526. The molecule has 0 saturated carbocycles. The molecule has 0 bridgehead atoms. The van der Waals surface area contributed by atoms with Crippen molar-refractivity contribution in [2.75, 3.05) is 47.1 Å². The molecule has 2 aromatic rings. The third kappa shape index (κ3) is 5.04. The first kappa shape index (κ1) is 19.4. The van der Waals surface area contributed by atoms with Gasteiger partial charge in [-0.05, 0) is 32.0 Å². The normalized spacial score (nSPS) is 11.4. The smallest absolute Gasteiger partial charge is 0.194 e. The third-order valence-corrected chi connectivity index (χ3v) is 4.20. The van der Waals surface area contributed by atoms with Crippen LogP contribution in [-0.2, 0) is 16.0 Å². The number of aromatic amines is 1. The predicted molar refractivity (Wildman–Crippen MR) is 99.5 cm³/mol. The highest BCUT2D eigenvalue weighted by Gasteiger charge is 2.14. The van der Waals surface area contributed by atoms with Gasteiger partial charge in [0.1, 0.15) is 5.75 Å². The molecule has 0 unspecified atom stereocenters. The van der Waals surface area contributed by atoms with Crippen LogP contribution >= 0.6 is 0 Å². The first-order valence-electron chi connectivity index (χ1n) is 8.59. The Balaban J connectivity index is 2.36. The monoisotopic (exact) mass is 348 g/mol. The Morgan fingerprint density at radius 1 is 1.12 bits per heavy atom. The van der Waals surface area contributed by atoms with Crippen molar-refractivity contribution in [2.24, 2.45) is 0 Å². The molecule has 25 heavy (non-hydrogen) atoms. The van der Waals surface area contributed by atoms with Gasteiger partial charge in [0, 0.05) is 56.0 Å². The van der Waals surface area contributed by atoms with E-state index in [2.05, 4.69) is 9.88 Å². The van der Waals surface area contributed by atoms with Crippen molar-refractivity contribution in [1.82, 2.24) is 9.88 Å². The lowest BCUT2D eigenvalue weighted by Gasteiger charge is -2.22. The van der Waals surface area contributed by atoms with Crippen LogP contribution in [0.15, 0.2) is 23.0 Å². The Hall–Kier alpha value is -1.89. The number of rotatable bonds is 10. The molecule has 1 aromatic carbocycles. The standard InChI is InChI=1S/C19H28N2O4/c1-5-25-15-6-7-18-16(12-15)19(22)17(14(2)20-18)13-21(8-10-23-3)9-11-24-4/h6-7,12H,5,8-11,13H2,1-4H3,(H,20,22). The molecule has 0 aliphatic carbocycles. The van der Waals surface area contributed by atoms with Crippen LogP contribution in [0.1, 0.15) is 18.2 Å². The second-order valence-corrected chi connectivity index (χ2v) is 5.96. The van der Waals surface area contributed by atoms with Crippen molar-refractivity contribution < 1.29 is 14.2 Å². The Morgan fingerprint density at radius 3 is 2.40 bits per heavy atom. The highest BCUT2D eigenvalue weighted by molar-refractivity contribution is 5.81. The van der Waals surface area contributed by atoms with Crippen LogP contribution in [0.25, 0.3) is 10.9 Å². The van der Waals surface area contributed by atoms with Crippen LogP contribution in [0.5, 0.6) is 5.75 Å². The van der Waals surface area contributed by atoms with Crippen LogP contribution < -0.4 is 10.2 Å². The van der Waals surface area contributed by atoms with E-state index >= 15 is 0 Å². The minimum absolute atomic E-state index is 0.0487. The average Bonchev–Trinajstić information content (AvgIpc) is 2.61. The molecule has 2 rings (SSSR count). The second kappa shape index (κ2) is 9.56. The summed E-state index contributed by atoms with van der Waals surface area (Å²) < 4.78 is 15.9. The van der Waals surface area contributed by atoms with E-state index in [1.165, 1.54) is 0 Å². The fourth-order valence-electron chi connectivity index (χ4n) is 2.81. The minimum atomic E-state index is 0.0487. The topological polar surface area (TPSA) is 63.8 Å². The van der Waals surface area contributed by atoms with Crippen LogP contribution in [0.3, 0.4) is 0 Å². The maximum absolute atomic E-state index is 13.0. The lowest BCUT2D eigenvalue weighted by atomic mass is 10.1. The molecule has 1 heterocycles. The van der Waals surface area contributed by atoms with Crippen LogP contribution in [0, 0.1) is 6.92 Å². The largest absolute Gasteiger partial charge is 0.494 e. The van der Waals surface area contributed by atoms with Crippen molar-refractivity contribution in [2.45, 2.75) is 20.4 Å². The van der Waals surface area contributed by atoms with Crippen molar-refractivity contribution in [3.8, 4) is 5.75 Å². The zero-order valence-corrected chi connectivity index (χ0v) is 15.6. The zero-order valence-electron chi connectivity index (χ0n) is 15.6. The van der Waals surface area contributed by atoms with Gasteiger partial charge < -0.3 is 19.2 Å². The van der Waals surface area contributed by atoms with E-state index in [4.69, 9.17) is 14.2 Å². The summed E-state index contributed by atoms with van der Waals surface area (Å²) in [5, 5.41) is 0.657. The van der Waals surface area contributed by atoms with Gasteiger partial charge in [-0.15, -0.1) is 0 Å². The first-order valence-corrected chi connectivity index (χ1v) is 8.59. The second-order valence-electron chi connectivity index (χ2n) is 5.96. The summed E-state index contributed by atoms with van der Waals surface area (Å²) in [6.07, 6.45) is 0. The minimum Gasteiger partial charge on any atom is -0.494 e. The van der Waals surface area contributed by atoms with Crippen molar-refractivity contribution in [3.05, 3.63) is 39.7 Å². The molecule has 0 aliphatic heterocycles. The summed E-state index contributed by atoms with van der Waals surface area (Å²) in [6, 6.07) is 5.59. The number of H-pyrrole nitrogens is 1. The van der Waals surface area contributed by atoms with Gasteiger partial charge in [-0.2, -0.15) is 0 Å². The van der Waals surface area contributed by atoms with Crippen LogP contribution in [-0.4, -0.2) is 57.0 Å². The van der Waals surface area contributed by atoms with E-state index in [1.807, 2.05) is 32.0 Å². The van der Waals surface area contributed by atoms with Gasteiger partial charge in [0.15, 0.2) is 5.43 Å². The number of nitrogens with one attached hydrogen (secondary N) is 1. The van der Waals surface area contributed by atoms with Crippen molar-refractivity contribution in [1.29, 1.82) is 0 Å². The Labute approximate surface area is 148 Å². The highest BCUT2D eigenvalue weighted by atomic mass is 16.5. The summed E-state index contributed by atoms with van der Waals surface area (Å²) in [6.45, 7) is 7.72. The molecular weight excluding hydrogens is 320 g/mol. The summed E-state index contributed by atoms with van der Waals surface area (Å²) >= 11 is 0. The van der Waals surface area contributed by atoms with E-state index in [0.717, 1.165) is 29.9 Å². The number of pyridine rings is 1. The predicted octanol–water partition coefficient (Wildman–Crippen LogP) is 2.33. The lowest BCUT2D eigenvalue weighted by Crippen LogP contribution is -2.33. The Morgan fingerprint density at radius 2 is 1.80 bits per heavy atom. The van der Waals surface area contributed by atoms with E-state index in [-0.39, 0.29) is 5.43 Å². The van der Waals surface area contributed by atoms with Gasteiger partial charge in [-0.1, -0.05) is 0 Å². The summed E-state index contributed by atoms with van der Waals surface area (Å²) in [7, 11) is 3.36. The van der Waals surface area contributed by atoms with Gasteiger partial charge >= 0.3 is 0 Å². The highest BCUT2D eigenvalue weighted by Crippen LogP contribution is 2.19. The molecule has 1 aromatic heterocycles. The number of hydrogen-bond acceptors (Lipinski definition) is 5. The lowest BCUT2D eigenvalue weighted by molar-refractivity contribution is 0.110. The van der Waals surface area contributed by atoms with Gasteiger partial charge in [-0.3, -0.25) is 9.69 Å². The molecule has 0 amide bonds. The molecule has 0 fully saturated rings. The molecule has 1 N–H and O–H groups in total. The van der Waals surface area contributed by atoms with Crippen LogP contribution in [0.2, 0.25) is 0 Å². The summed E-state index contributed by atoms with van der Waals surface area (Å²) in [5.74, 6) is 0.714. The summed E-state index contributed by atoms with van der Waals surface area (Å²) in [5.41, 5.74) is 2.54. The molecule has 6 heteroatoms. The maximum atomic E-state index is 13.0. The number of aromatic nitrogens is 1. The van der Waals surface area contributed by atoms with Crippen molar-refractivity contribution >= 4 is 10.9 Å².